The lowest BCUT2D eigenvalue weighted by molar-refractivity contribution is -0.117. The average molecular weight is 456 g/mol. The highest BCUT2D eigenvalue weighted by atomic mass is 35.5. The zero-order chi connectivity index (χ0) is 22.3. The lowest BCUT2D eigenvalue weighted by atomic mass is 9.95. The summed E-state index contributed by atoms with van der Waals surface area (Å²) in [7, 11) is 0. The van der Waals surface area contributed by atoms with Crippen LogP contribution in [0.1, 0.15) is 5.56 Å². The number of hydrogen-bond acceptors (Lipinski definition) is 4. The minimum absolute atomic E-state index is 0.00414. The van der Waals surface area contributed by atoms with E-state index in [-0.39, 0.29) is 34.0 Å². The smallest absolute Gasteiger partial charge is 0.243 e. The van der Waals surface area contributed by atoms with Gasteiger partial charge < -0.3 is 21.1 Å². The molecule has 0 aromatic heterocycles. The van der Waals surface area contributed by atoms with Crippen molar-refractivity contribution in [3.05, 3.63) is 71.5 Å². The van der Waals surface area contributed by atoms with Crippen LogP contribution in [0.25, 0.3) is 21.9 Å². The van der Waals surface area contributed by atoms with Crippen molar-refractivity contribution in [1.29, 1.82) is 0 Å². The Morgan fingerprint density at radius 3 is 2.74 bits per heavy atom. The van der Waals surface area contributed by atoms with Gasteiger partial charge in [0.05, 0.1) is 16.8 Å². The molecule has 1 fully saturated rings. The van der Waals surface area contributed by atoms with Crippen LogP contribution in [-0.2, 0) is 4.79 Å². The van der Waals surface area contributed by atoms with Crippen LogP contribution < -0.4 is 11.1 Å². The van der Waals surface area contributed by atoms with Crippen LogP contribution in [0.15, 0.2) is 55.1 Å². The second-order valence-corrected chi connectivity index (χ2v) is 8.14. The van der Waals surface area contributed by atoms with Crippen LogP contribution in [0, 0.1) is 5.82 Å². The monoisotopic (exact) mass is 455 g/mol. The molecule has 1 saturated heterocycles. The summed E-state index contributed by atoms with van der Waals surface area (Å²) in [6, 6.07) is 11.9. The number of halogens is 2. The number of nitrogens with one attached hydrogen (secondary N) is 1. The van der Waals surface area contributed by atoms with Crippen molar-refractivity contribution in [3.8, 4) is 16.9 Å². The van der Waals surface area contributed by atoms with Crippen LogP contribution in [0.5, 0.6) is 5.75 Å². The number of phenolic OH excluding ortho intramolecular Hbond substituents is 1. The summed E-state index contributed by atoms with van der Waals surface area (Å²) in [5.74, 6) is -0.958. The van der Waals surface area contributed by atoms with Crippen molar-refractivity contribution >= 4 is 51.2 Å². The van der Waals surface area contributed by atoms with Crippen LogP contribution in [-0.4, -0.2) is 40.0 Å². The molecule has 0 radical (unpaired) electrons. The third kappa shape index (κ3) is 3.82. The van der Waals surface area contributed by atoms with Gasteiger partial charge in [-0.15, -0.1) is 0 Å². The number of anilines is 1. The second kappa shape index (κ2) is 8.17. The molecule has 0 bridgehead atoms. The quantitative estimate of drug-likeness (QED) is 0.311. The zero-order valence-corrected chi connectivity index (χ0v) is 17.9. The minimum Gasteiger partial charge on any atom is -0.508 e. The van der Waals surface area contributed by atoms with E-state index in [1.807, 2.05) is 29.2 Å². The third-order valence-electron chi connectivity index (χ3n) is 5.30. The number of nitrogens with zero attached hydrogens (tertiary/aromatic N) is 1. The van der Waals surface area contributed by atoms with Crippen molar-refractivity contribution in [2.75, 3.05) is 18.8 Å². The molecule has 8 heteroatoms. The summed E-state index contributed by atoms with van der Waals surface area (Å²) < 4.78 is 15.5. The Balaban J connectivity index is 1.69. The van der Waals surface area contributed by atoms with Gasteiger partial charge in [-0.3, -0.25) is 4.79 Å². The van der Waals surface area contributed by atoms with E-state index in [4.69, 9.17) is 29.6 Å². The molecule has 3 aromatic rings. The highest BCUT2D eigenvalue weighted by Gasteiger charge is 2.31. The zero-order valence-electron chi connectivity index (χ0n) is 16.4. The maximum absolute atomic E-state index is 15.5. The van der Waals surface area contributed by atoms with Gasteiger partial charge in [-0.05, 0) is 40.6 Å². The Morgan fingerprint density at radius 1 is 1.32 bits per heavy atom. The van der Waals surface area contributed by atoms with E-state index in [1.54, 1.807) is 12.1 Å². The van der Waals surface area contributed by atoms with Gasteiger partial charge in [-0.1, -0.05) is 54.7 Å². The van der Waals surface area contributed by atoms with Gasteiger partial charge in [-0.2, -0.15) is 0 Å². The molecule has 0 spiro atoms. The molecule has 4 N–H and O–H groups in total. The summed E-state index contributed by atoms with van der Waals surface area (Å²) in [4.78, 5) is 13.6. The van der Waals surface area contributed by atoms with E-state index in [0.717, 1.165) is 10.8 Å². The number of amides is 1. The number of thiocarbonyl (C=S) groups is 1. The highest BCUT2D eigenvalue weighted by molar-refractivity contribution is 7.80. The number of aromatic hydroxyl groups is 1. The number of likely N-dealkylation sites (tertiary alicyclic amines) is 1. The van der Waals surface area contributed by atoms with Crippen LogP contribution in [0.2, 0.25) is 5.02 Å². The number of carbonyl (C=O) groups excluding carboxylic acids is 1. The van der Waals surface area contributed by atoms with Crippen LogP contribution in [0.4, 0.5) is 10.1 Å². The highest BCUT2D eigenvalue weighted by Crippen LogP contribution is 2.41. The summed E-state index contributed by atoms with van der Waals surface area (Å²) in [5.41, 5.74) is 6.89. The first-order valence-electron chi connectivity index (χ1n) is 9.52. The molecule has 3 aromatic carbocycles. The molecule has 31 heavy (non-hydrogen) atoms. The average Bonchev–Trinajstić information content (AvgIpc) is 2.72. The van der Waals surface area contributed by atoms with Gasteiger partial charge in [0.1, 0.15) is 10.7 Å². The van der Waals surface area contributed by atoms with Gasteiger partial charge in [-0.25, -0.2) is 4.39 Å². The molecule has 5 nitrogen and oxygen atoms in total. The van der Waals surface area contributed by atoms with Gasteiger partial charge >= 0.3 is 0 Å². The van der Waals surface area contributed by atoms with Crippen LogP contribution >= 0.6 is 23.8 Å². The molecule has 158 valence electrons. The maximum Gasteiger partial charge on any atom is 0.243 e. The molecule has 0 saturated carbocycles. The maximum atomic E-state index is 15.5. The first kappa shape index (κ1) is 21.1. The van der Waals surface area contributed by atoms with E-state index in [9.17, 15) is 9.90 Å². The van der Waals surface area contributed by atoms with Crippen LogP contribution in [0.3, 0.4) is 0 Å². The van der Waals surface area contributed by atoms with E-state index >= 15 is 4.39 Å². The van der Waals surface area contributed by atoms with Crippen molar-refractivity contribution in [2.24, 2.45) is 0 Å². The molecule has 0 aliphatic carbocycles. The third-order valence-corrected chi connectivity index (χ3v) is 6.08. The number of benzene rings is 3. The van der Waals surface area contributed by atoms with Crippen molar-refractivity contribution in [3.63, 3.8) is 0 Å². The minimum atomic E-state index is -0.697. The summed E-state index contributed by atoms with van der Waals surface area (Å²) in [6.45, 7) is 4.39. The molecular weight excluding hydrogens is 437 g/mol. The van der Waals surface area contributed by atoms with E-state index in [1.165, 1.54) is 12.1 Å². The molecule has 4 rings (SSSR count). The first-order chi connectivity index (χ1) is 14.8. The molecule has 1 heterocycles. The Morgan fingerprint density at radius 2 is 2.03 bits per heavy atom. The number of carbonyl (C=O) groups is 1. The normalized spacial score (nSPS) is 13.7. The summed E-state index contributed by atoms with van der Waals surface area (Å²) in [6.07, 6.45) is 1.21. The van der Waals surface area contributed by atoms with Crippen molar-refractivity contribution in [2.45, 2.75) is 6.04 Å². The molecule has 0 unspecified atom stereocenters. The van der Waals surface area contributed by atoms with E-state index in [2.05, 4.69) is 11.9 Å². The van der Waals surface area contributed by atoms with Gasteiger partial charge in [0.25, 0.3) is 0 Å². The topological polar surface area (TPSA) is 78.6 Å². The fourth-order valence-electron chi connectivity index (χ4n) is 3.73. The number of phenols is 1. The second-order valence-electron chi connectivity index (χ2n) is 7.34. The number of nitrogen functional groups attached to an aromatic ring is 1. The lowest BCUT2D eigenvalue weighted by Gasteiger charge is -2.41. The largest absolute Gasteiger partial charge is 0.508 e. The molecule has 1 aliphatic heterocycles. The van der Waals surface area contributed by atoms with Crippen molar-refractivity contribution in [1.82, 2.24) is 10.2 Å². The van der Waals surface area contributed by atoms with Gasteiger partial charge in [0.2, 0.25) is 5.91 Å². The Labute approximate surface area is 188 Å². The van der Waals surface area contributed by atoms with Crippen molar-refractivity contribution < 1.29 is 14.3 Å². The Hall–Kier alpha value is -3.16. The van der Waals surface area contributed by atoms with E-state index < -0.39 is 5.82 Å². The fraction of sp³-hybridized carbons (Fsp3) is 0.130. The number of hydrogen-bond donors (Lipinski definition) is 3. The predicted molar refractivity (Wildman–Crippen MR) is 126 cm³/mol. The molecule has 0 atom stereocenters. The molecule has 1 aliphatic rings. The Kier molecular flexibility index (Phi) is 5.56. The molecular formula is C23H19ClFN3O2S. The van der Waals surface area contributed by atoms with Gasteiger partial charge in [0.15, 0.2) is 5.82 Å². The fourth-order valence-corrected chi connectivity index (χ4v) is 4.34. The number of rotatable bonds is 4. The SMILES string of the molecule is C=CC(=O)NC1CN(C(=S)c2cc(Cl)c(-c3cc(O)cc4ccccc34)c(F)c2N)C1. The standard InChI is InChI=1S/C23H19ClFN3O2S/c1-2-19(30)27-13-10-28(11-13)23(31)17-9-18(24)20(21(25)22(17)26)16-8-14(29)7-12-5-3-4-6-15(12)16/h2-9,13,29H,1,10-11,26H2,(H,27,30). The summed E-state index contributed by atoms with van der Waals surface area (Å²) in [5, 5.41) is 14.5. The predicted octanol–water partition coefficient (Wildman–Crippen LogP) is 4.25. The van der Waals surface area contributed by atoms with Gasteiger partial charge in [0, 0.05) is 24.2 Å². The lowest BCUT2D eigenvalue weighted by Crippen LogP contribution is -2.60. The first-order valence-corrected chi connectivity index (χ1v) is 10.3. The number of nitrogens with two attached hydrogens (primary N) is 1. The molecule has 1 amide bonds. The summed E-state index contributed by atoms with van der Waals surface area (Å²) >= 11 is 12.0. The van der Waals surface area contributed by atoms with E-state index in [0.29, 0.717) is 29.2 Å². The number of fused-ring (bicyclic) bond motifs is 1. The Bertz CT molecular complexity index is 1240.